The molecule has 0 aliphatic rings. The fourth-order valence-electron chi connectivity index (χ4n) is 4.03. The molecule has 10 heteroatoms. The summed E-state index contributed by atoms with van der Waals surface area (Å²) in [5.41, 5.74) is 1.69. The second-order valence-corrected chi connectivity index (χ2v) is 24.6. The Labute approximate surface area is 227 Å². The summed E-state index contributed by atoms with van der Waals surface area (Å²) in [4.78, 5) is 29.2. The highest BCUT2D eigenvalue weighted by Crippen LogP contribution is 2.17. The molecule has 192 valence electrons. The van der Waals surface area contributed by atoms with Crippen molar-refractivity contribution in [2.45, 2.75) is 56.8 Å². The average Bonchev–Trinajstić information content (AvgIpc) is 2.84. The first kappa shape index (κ1) is 30.1. The summed E-state index contributed by atoms with van der Waals surface area (Å²) in [5.74, 6) is -0.398. The third-order valence-corrected chi connectivity index (χ3v) is 17.0. The van der Waals surface area contributed by atoms with Gasteiger partial charge in [0.2, 0.25) is 11.8 Å². The lowest BCUT2D eigenvalue weighted by Gasteiger charge is -2.22. The lowest BCUT2D eigenvalue weighted by molar-refractivity contribution is -0.126. The quantitative estimate of drug-likeness (QED) is 0.215. The Morgan fingerprint density at radius 3 is 1.40 bits per heavy atom. The summed E-state index contributed by atoms with van der Waals surface area (Å²) in [6.45, 7) is 9.01. The largest absolute Gasteiger partial charge is 0.315 e. The number of halogens is 2. The smallest absolute Gasteiger partial charge is 0.236 e. The summed E-state index contributed by atoms with van der Waals surface area (Å²) < 4.78 is 0. The molecular formula is C25H40Cl2N2O2Si4. The number of nitrogens with zero attached hydrogens (tertiary/aromatic N) is 2. The van der Waals surface area contributed by atoms with E-state index in [1.54, 1.807) is 23.9 Å². The van der Waals surface area contributed by atoms with Crippen LogP contribution in [0.1, 0.15) is 6.42 Å². The molecule has 0 heterocycles. The lowest BCUT2D eigenvalue weighted by atomic mass is 10.2. The summed E-state index contributed by atoms with van der Waals surface area (Å²) >= 11 is 12.5. The SMILES string of the molecule is CN(C(=O)CC(=O)N(C)c1cccc([SiH](C)CC[SiH](C)Cl)c1)c1cccc([SiH](C)CC[SiH](C)Cl)c1. The molecular weight excluding hydrogens is 544 g/mol. The molecule has 0 aliphatic heterocycles. The fraction of sp³-hybridized carbons (Fsp3) is 0.440. The second kappa shape index (κ2) is 14.5. The van der Waals surface area contributed by atoms with Gasteiger partial charge >= 0.3 is 0 Å². The molecule has 2 amide bonds. The number of rotatable bonds is 12. The molecule has 0 radical (unpaired) electrons. The molecule has 0 fully saturated rings. The molecule has 2 aromatic rings. The van der Waals surface area contributed by atoms with E-state index in [1.807, 2.05) is 24.3 Å². The molecule has 0 saturated carbocycles. The maximum atomic E-state index is 13.0. The number of carbonyl (C=O) groups excluding carboxylic acids is 2. The van der Waals surface area contributed by atoms with E-state index in [-0.39, 0.29) is 18.2 Å². The number of benzene rings is 2. The minimum absolute atomic E-state index is 0.161. The van der Waals surface area contributed by atoms with Gasteiger partial charge in [-0.1, -0.05) is 72.9 Å². The Bertz CT molecular complexity index is 916. The minimum atomic E-state index is -1.09. The number of amides is 2. The summed E-state index contributed by atoms with van der Waals surface area (Å²) in [5, 5.41) is 2.66. The third kappa shape index (κ3) is 9.66. The second-order valence-electron chi connectivity index (χ2n) is 9.79. The van der Waals surface area contributed by atoms with Crippen molar-refractivity contribution < 1.29 is 9.59 Å². The van der Waals surface area contributed by atoms with Gasteiger partial charge in [-0.2, -0.15) is 22.2 Å². The van der Waals surface area contributed by atoms with Gasteiger partial charge in [-0.15, -0.1) is 0 Å². The molecule has 0 N–H and O–H groups in total. The van der Waals surface area contributed by atoms with Crippen LogP contribution in [0.15, 0.2) is 48.5 Å². The predicted octanol–water partition coefficient (Wildman–Crippen LogP) is 4.02. The van der Waals surface area contributed by atoms with Crippen LogP contribution in [0.3, 0.4) is 0 Å². The van der Waals surface area contributed by atoms with Gasteiger partial charge in [0.05, 0.1) is 17.6 Å². The van der Waals surface area contributed by atoms with Crippen molar-refractivity contribution in [3.63, 3.8) is 0 Å². The van der Waals surface area contributed by atoms with Crippen LogP contribution in [0, 0.1) is 0 Å². The van der Waals surface area contributed by atoms with Gasteiger partial charge in [0.25, 0.3) is 0 Å². The van der Waals surface area contributed by atoms with Crippen LogP contribution < -0.4 is 20.2 Å². The zero-order chi connectivity index (χ0) is 26.1. The number of anilines is 2. The molecule has 0 spiro atoms. The Balaban J connectivity index is 2.03. The molecule has 0 bridgehead atoms. The van der Waals surface area contributed by atoms with Crippen LogP contribution in [-0.4, -0.2) is 59.7 Å². The minimum Gasteiger partial charge on any atom is -0.315 e. The maximum Gasteiger partial charge on any atom is 0.236 e. The first-order valence-electron chi connectivity index (χ1n) is 12.5. The summed E-state index contributed by atoms with van der Waals surface area (Å²) in [6, 6.07) is 21.1. The van der Waals surface area contributed by atoms with Gasteiger partial charge in [0.1, 0.15) is 22.6 Å². The molecule has 35 heavy (non-hydrogen) atoms. The average molecular weight is 584 g/mol. The van der Waals surface area contributed by atoms with E-state index in [9.17, 15) is 9.59 Å². The topological polar surface area (TPSA) is 40.6 Å². The lowest BCUT2D eigenvalue weighted by Crippen LogP contribution is -2.36. The van der Waals surface area contributed by atoms with Gasteiger partial charge in [-0.3, -0.25) is 9.59 Å². The molecule has 4 unspecified atom stereocenters. The highest BCUT2D eigenvalue weighted by atomic mass is 35.6. The van der Waals surface area contributed by atoms with Crippen molar-refractivity contribution in [2.75, 3.05) is 23.9 Å². The van der Waals surface area contributed by atoms with Gasteiger partial charge in [-0.05, 0) is 36.4 Å². The molecule has 2 rings (SSSR count). The summed E-state index contributed by atoms with van der Waals surface area (Å²) in [7, 11) is -0.817. The normalized spacial score (nSPS) is 14.6. The molecule has 0 aliphatic carbocycles. The van der Waals surface area contributed by atoms with E-state index in [2.05, 4.69) is 50.5 Å². The van der Waals surface area contributed by atoms with Gasteiger partial charge in [0, 0.05) is 25.5 Å². The Morgan fingerprint density at radius 2 is 1.06 bits per heavy atom. The monoisotopic (exact) mass is 582 g/mol. The van der Waals surface area contributed by atoms with Crippen molar-refractivity contribution in [3.8, 4) is 0 Å². The first-order valence-corrected chi connectivity index (χ1v) is 25.0. The van der Waals surface area contributed by atoms with Crippen molar-refractivity contribution in [3.05, 3.63) is 48.5 Å². The first-order chi connectivity index (χ1) is 16.5. The molecule has 4 nitrogen and oxygen atoms in total. The number of carbonyl (C=O) groups is 2. The third-order valence-electron chi connectivity index (χ3n) is 6.70. The van der Waals surface area contributed by atoms with E-state index >= 15 is 0 Å². The van der Waals surface area contributed by atoms with E-state index in [0.717, 1.165) is 23.5 Å². The van der Waals surface area contributed by atoms with Crippen LogP contribution in [0.4, 0.5) is 11.4 Å². The number of hydrogen-bond acceptors (Lipinski definition) is 2. The zero-order valence-corrected chi connectivity index (χ0v) is 28.1. The van der Waals surface area contributed by atoms with E-state index in [0.29, 0.717) is 0 Å². The number of hydrogen-bond donors (Lipinski definition) is 0. The Morgan fingerprint density at radius 1 is 0.686 bits per heavy atom. The van der Waals surface area contributed by atoms with Crippen LogP contribution in [0.2, 0.25) is 50.4 Å². The van der Waals surface area contributed by atoms with Crippen molar-refractivity contribution in [2.24, 2.45) is 0 Å². The van der Waals surface area contributed by atoms with Crippen LogP contribution in [0.5, 0.6) is 0 Å². The van der Waals surface area contributed by atoms with E-state index in [4.69, 9.17) is 22.2 Å². The summed E-state index contributed by atoms with van der Waals surface area (Å²) in [6.07, 6.45) is -0.161. The van der Waals surface area contributed by atoms with Crippen molar-refractivity contribution >= 4 is 89.5 Å². The highest BCUT2D eigenvalue weighted by Gasteiger charge is 2.21. The molecule has 4 atom stereocenters. The molecule has 2 aromatic carbocycles. The zero-order valence-electron chi connectivity index (χ0n) is 21.9. The van der Waals surface area contributed by atoms with Crippen molar-refractivity contribution in [1.29, 1.82) is 0 Å². The van der Waals surface area contributed by atoms with E-state index in [1.165, 1.54) is 22.5 Å². The van der Waals surface area contributed by atoms with E-state index < -0.39 is 33.8 Å². The highest BCUT2D eigenvalue weighted by molar-refractivity contribution is 7.07. The molecule has 0 aromatic heterocycles. The Hall–Kier alpha value is -1.17. The van der Waals surface area contributed by atoms with Crippen LogP contribution in [-0.2, 0) is 9.59 Å². The van der Waals surface area contributed by atoms with Gasteiger partial charge < -0.3 is 9.80 Å². The molecule has 0 saturated heterocycles. The predicted molar refractivity (Wildman–Crippen MR) is 167 cm³/mol. The van der Waals surface area contributed by atoms with Crippen LogP contribution >= 0.6 is 22.2 Å². The van der Waals surface area contributed by atoms with Gasteiger partial charge in [-0.25, -0.2) is 0 Å². The van der Waals surface area contributed by atoms with Crippen molar-refractivity contribution in [1.82, 2.24) is 0 Å². The van der Waals surface area contributed by atoms with Gasteiger partial charge in [0.15, 0.2) is 0 Å². The maximum absolute atomic E-state index is 13.0. The Kier molecular flexibility index (Phi) is 12.5. The standard InChI is InChI=1S/C25H40Cl2N2O2Si4/c1-28(20-9-7-11-22(17-20)32(3)13-15-34(5)26)24(30)19-25(31)29(2)21-10-8-12-23(18-21)33(4)14-16-35(6)27/h7-12,17-18,32-35H,13-16,19H2,1-6H3. The fourth-order valence-corrected chi connectivity index (χ4v) is 16.4. The van der Waals surface area contributed by atoms with Crippen LogP contribution in [0.25, 0.3) is 0 Å².